The molecule has 0 amide bonds. The number of methoxy groups -OCH3 is 1. The number of rotatable bonds is 9. The Hall–Kier alpha value is -1.55. The van der Waals surface area contributed by atoms with Gasteiger partial charge in [-0.1, -0.05) is 18.2 Å². The lowest BCUT2D eigenvalue weighted by Crippen LogP contribution is -2.23. The molecule has 4 nitrogen and oxygen atoms in total. The largest absolute Gasteiger partial charge is 0.494 e. The molecular formula is C15H23NO3. The molecule has 106 valence electrons. The van der Waals surface area contributed by atoms with Crippen molar-refractivity contribution in [3.05, 3.63) is 30.3 Å². The lowest BCUT2D eigenvalue weighted by atomic mass is 10.3. The second-order valence-corrected chi connectivity index (χ2v) is 4.50. The highest BCUT2D eigenvalue weighted by Crippen LogP contribution is 2.08. The summed E-state index contributed by atoms with van der Waals surface area (Å²) in [5.74, 6) is 0.775. The molecule has 0 heterocycles. The maximum atomic E-state index is 10.9. The normalized spacial score (nSPS) is 10.5. The van der Waals surface area contributed by atoms with E-state index in [1.165, 1.54) is 7.11 Å². The minimum atomic E-state index is -0.138. The number of esters is 1. The third-order valence-electron chi connectivity index (χ3n) is 2.84. The quantitative estimate of drug-likeness (QED) is 0.507. The lowest BCUT2D eigenvalue weighted by Gasteiger charge is -2.16. The van der Waals surface area contributed by atoms with Gasteiger partial charge in [-0.3, -0.25) is 4.79 Å². The average molecular weight is 265 g/mol. The van der Waals surface area contributed by atoms with Crippen molar-refractivity contribution in [1.82, 2.24) is 4.90 Å². The number of para-hydroxylation sites is 1. The van der Waals surface area contributed by atoms with Crippen LogP contribution in [0.3, 0.4) is 0 Å². The van der Waals surface area contributed by atoms with Crippen LogP contribution in [0.4, 0.5) is 0 Å². The molecule has 0 fully saturated rings. The third kappa shape index (κ3) is 7.47. The van der Waals surface area contributed by atoms with E-state index in [0.29, 0.717) is 13.0 Å². The fourth-order valence-corrected chi connectivity index (χ4v) is 1.75. The Kier molecular flexibility index (Phi) is 7.66. The van der Waals surface area contributed by atoms with Crippen LogP contribution in [0, 0.1) is 0 Å². The standard InChI is InChI=1S/C15H23NO3/c1-16(11-6-10-15(17)18-2)12-7-13-19-14-8-4-3-5-9-14/h3-5,8-9H,6-7,10-13H2,1-2H3. The molecule has 19 heavy (non-hydrogen) atoms. The average Bonchev–Trinajstić information content (AvgIpc) is 2.44. The van der Waals surface area contributed by atoms with Crippen molar-refractivity contribution in [3.8, 4) is 5.75 Å². The highest BCUT2D eigenvalue weighted by molar-refractivity contribution is 5.69. The summed E-state index contributed by atoms with van der Waals surface area (Å²) < 4.78 is 10.2. The minimum absolute atomic E-state index is 0.138. The van der Waals surface area contributed by atoms with Gasteiger partial charge in [-0.2, -0.15) is 0 Å². The molecule has 0 aliphatic rings. The Bertz CT molecular complexity index is 354. The zero-order valence-corrected chi connectivity index (χ0v) is 11.8. The van der Waals surface area contributed by atoms with E-state index in [0.717, 1.165) is 31.7 Å². The van der Waals surface area contributed by atoms with E-state index in [9.17, 15) is 4.79 Å². The number of hydrogen-bond acceptors (Lipinski definition) is 4. The molecule has 0 aliphatic heterocycles. The fraction of sp³-hybridized carbons (Fsp3) is 0.533. The number of carbonyl (C=O) groups excluding carboxylic acids is 1. The van der Waals surface area contributed by atoms with Crippen LogP contribution in [0.15, 0.2) is 30.3 Å². The molecular weight excluding hydrogens is 242 g/mol. The summed E-state index contributed by atoms with van der Waals surface area (Å²) >= 11 is 0. The molecule has 0 atom stereocenters. The van der Waals surface area contributed by atoms with Crippen LogP contribution in [-0.2, 0) is 9.53 Å². The van der Waals surface area contributed by atoms with Gasteiger partial charge in [0.25, 0.3) is 0 Å². The van der Waals surface area contributed by atoms with Crippen molar-refractivity contribution in [2.24, 2.45) is 0 Å². The van der Waals surface area contributed by atoms with E-state index in [1.807, 2.05) is 30.3 Å². The van der Waals surface area contributed by atoms with E-state index >= 15 is 0 Å². The zero-order chi connectivity index (χ0) is 13.9. The summed E-state index contributed by atoms with van der Waals surface area (Å²) in [4.78, 5) is 13.2. The van der Waals surface area contributed by atoms with Gasteiger partial charge < -0.3 is 14.4 Å². The molecule has 1 aromatic carbocycles. The minimum Gasteiger partial charge on any atom is -0.494 e. The molecule has 0 aromatic heterocycles. The maximum absolute atomic E-state index is 10.9. The second kappa shape index (κ2) is 9.39. The molecule has 1 rings (SSSR count). The van der Waals surface area contributed by atoms with Crippen LogP contribution in [0.2, 0.25) is 0 Å². The first-order valence-corrected chi connectivity index (χ1v) is 6.65. The van der Waals surface area contributed by atoms with Crippen molar-refractivity contribution >= 4 is 5.97 Å². The highest BCUT2D eigenvalue weighted by atomic mass is 16.5. The molecule has 0 saturated heterocycles. The summed E-state index contributed by atoms with van der Waals surface area (Å²) in [5, 5.41) is 0. The molecule has 0 saturated carbocycles. The van der Waals surface area contributed by atoms with Gasteiger partial charge in [0.1, 0.15) is 5.75 Å². The SMILES string of the molecule is COC(=O)CCCN(C)CCCOc1ccccc1. The third-order valence-corrected chi connectivity index (χ3v) is 2.84. The summed E-state index contributed by atoms with van der Waals surface area (Å²) in [6.45, 7) is 2.58. The van der Waals surface area contributed by atoms with Gasteiger partial charge in [0, 0.05) is 13.0 Å². The number of nitrogens with zero attached hydrogens (tertiary/aromatic N) is 1. The first kappa shape index (κ1) is 15.5. The number of benzene rings is 1. The van der Waals surface area contributed by atoms with Crippen LogP contribution < -0.4 is 4.74 Å². The topological polar surface area (TPSA) is 38.8 Å². The Morgan fingerprint density at radius 2 is 1.84 bits per heavy atom. The monoisotopic (exact) mass is 265 g/mol. The Morgan fingerprint density at radius 1 is 1.16 bits per heavy atom. The van der Waals surface area contributed by atoms with Crippen LogP contribution in [0.5, 0.6) is 5.75 Å². The van der Waals surface area contributed by atoms with E-state index in [-0.39, 0.29) is 5.97 Å². The smallest absolute Gasteiger partial charge is 0.305 e. The van der Waals surface area contributed by atoms with Gasteiger partial charge in [0.2, 0.25) is 0 Å². The van der Waals surface area contributed by atoms with Gasteiger partial charge in [-0.15, -0.1) is 0 Å². The van der Waals surface area contributed by atoms with Crippen LogP contribution in [0.1, 0.15) is 19.3 Å². The van der Waals surface area contributed by atoms with Crippen molar-refractivity contribution in [2.45, 2.75) is 19.3 Å². The van der Waals surface area contributed by atoms with E-state index in [4.69, 9.17) is 4.74 Å². The summed E-state index contributed by atoms with van der Waals surface area (Å²) in [5.41, 5.74) is 0. The molecule has 1 aromatic rings. The predicted octanol–water partition coefficient (Wildman–Crippen LogP) is 2.34. The fourth-order valence-electron chi connectivity index (χ4n) is 1.75. The summed E-state index contributed by atoms with van der Waals surface area (Å²) in [7, 11) is 3.48. The molecule has 0 spiro atoms. The summed E-state index contributed by atoms with van der Waals surface area (Å²) in [6.07, 6.45) is 2.30. The van der Waals surface area contributed by atoms with Gasteiger partial charge >= 0.3 is 5.97 Å². The van der Waals surface area contributed by atoms with E-state index in [1.54, 1.807) is 0 Å². The van der Waals surface area contributed by atoms with Crippen LogP contribution in [-0.4, -0.2) is 44.7 Å². The van der Waals surface area contributed by atoms with Crippen LogP contribution in [0.25, 0.3) is 0 Å². The molecule has 0 radical (unpaired) electrons. The van der Waals surface area contributed by atoms with Gasteiger partial charge in [0.05, 0.1) is 13.7 Å². The van der Waals surface area contributed by atoms with Crippen molar-refractivity contribution < 1.29 is 14.3 Å². The Morgan fingerprint density at radius 3 is 2.53 bits per heavy atom. The van der Waals surface area contributed by atoms with E-state index < -0.39 is 0 Å². The molecule has 4 heteroatoms. The molecule has 0 unspecified atom stereocenters. The first-order valence-electron chi connectivity index (χ1n) is 6.65. The first-order chi connectivity index (χ1) is 9.22. The Labute approximate surface area is 115 Å². The molecule has 0 aliphatic carbocycles. The van der Waals surface area contributed by atoms with Crippen molar-refractivity contribution in [2.75, 3.05) is 33.9 Å². The van der Waals surface area contributed by atoms with Crippen molar-refractivity contribution in [3.63, 3.8) is 0 Å². The highest BCUT2D eigenvalue weighted by Gasteiger charge is 2.02. The van der Waals surface area contributed by atoms with Gasteiger partial charge in [0.15, 0.2) is 0 Å². The summed E-state index contributed by atoms with van der Waals surface area (Å²) in [6, 6.07) is 9.82. The zero-order valence-electron chi connectivity index (χ0n) is 11.8. The lowest BCUT2D eigenvalue weighted by molar-refractivity contribution is -0.140. The van der Waals surface area contributed by atoms with E-state index in [2.05, 4.69) is 16.7 Å². The number of ether oxygens (including phenoxy) is 2. The van der Waals surface area contributed by atoms with Crippen molar-refractivity contribution in [1.29, 1.82) is 0 Å². The van der Waals surface area contributed by atoms with Gasteiger partial charge in [-0.25, -0.2) is 0 Å². The predicted molar refractivity (Wildman–Crippen MR) is 75.3 cm³/mol. The number of hydrogen-bond donors (Lipinski definition) is 0. The molecule has 0 N–H and O–H groups in total. The second-order valence-electron chi connectivity index (χ2n) is 4.50. The molecule has 0 bridgehead atoms. The Balaban J connectivity index is 2.01. The van der Waals surface area contributed by atoms with Gasteiger partial charge in [-0.05, 0) is 38.6 Å². The number of carbonyl (C=O) groups is 1. The maximum Gasteiger partial charge on any atom is 0.305 e. The van der Waals surface area contributed by atoms with Crippen LogP contribution >= 0.6 is 0 Å².